The number of aryl methyl sites for hydroxylation is 1. The smallest absolute Gasteiger partial charge is 0.265 e. The van der Waals surface area contributed by atoms with Crippen LogP contribution in [0.1, 0.15) is 60.2 Å². The monoisotopic (exact) mass is 336 g/mol. The highest BCUT2D eigenvalue weighted by Gasteiger charge is 2.35. The molecule has 0 spiro atoms. The van der Waals surface area contributed by atoms with Crippen molar-refractivity contribution in [3.05, 3.63) is 58.7 Å². The van der Waals surface area contributed by atoms with Gasteiger partial charge >= 0.3 is 0 Å². The van der Waals surface area contributed by atoms with Gasteiger partial charge in [-0.3, -0.25) is 9.59 Å². The molecule has 2 amide bonds. The molecule has 4 nitrogen and oxygen atoms in total. The van der Waals surface area contributed by atoms with E-state index in [0.717, 1.165) is 29.7 Å². The average Bonchev–Trinajstić information content (AvgIpc) is 2.57. The molecule has 0 bridgehead atoms. The van der Waals surface area contributed by atoms with Gasteiger partial charge < -0.3 is 5.73 Å². The van der Waals surface area contributed by atoms with E-state index in [1.54, 1.807) is 18.2 Å². The number of nitrogens with zero attached hydrogens (tertiary/aromatic N) is 1. The number of fused-ring (bicyclic) bond motifs is 1. The average molecular weight is 336 g/mol. The normalized spacial score (nSPS) is 14.2. The first-order valence-corrected chi connectivity index (χ1v) is 8.82. The minimum absolute atomic E-state index is 0.158. The maximum atomic E-state index is 13.2. The Morgan fingerprint density at radius 3 is 2.52 bits per heavy atom. The van der Waals surface area contributed by atoms with Crippen LogP contribution in [0.2, 0.25) is 0 Å². The molecule has 2 N–H and O–H groups in total. The molecule has 130 valence electrons. The molecule has 0 radical (unpaired) electrons. The van der Waals surface area contributed by atoms with Crippen molar-refractivity contribution in [1.82, 2.24) is 0 Å². The fourth-order valence-corrected chi connectivity index (χ4v) is 3.51. The van der Waals surface area contributed by atoms with Crippen LogP contribution in [0, 0.1) is 0 Å². The van der Waals surface area contributed by atoms with E-state index < -0.39 is 0 Å². The first kappa shape index (κ1) is 17.2. The summed E-state index contributed by atoms with van der Waals surface area (Å²) >= 11 is 0. The summed E-state index contributed by atoms with van der Waals surface area (Å²) in [5, 5.41) is 0. The number of imide groups is 1. The molecule has 0 aromatic heterocycles. The van der Waals surface area contributed by atoms with Crippen LogP contribution in [0.4, 0.5) is 11.4 Å². The van der Waals surface area contributed by atoms with Crippen molar-refractivity contribution in [2.45, 2.75) is 46.0 Å². The van der Waals surface area contributed by atoms with Crippen LogP contribution in [0.5, 0.6) is 0 Å². The van der Waals surface area contributed by atoms with Crippen LogP contribution in [0.3, 0.4) is 0 Å². The molecule has 0 unspecified atom stereocenters. The van der Waals surface area contributed by atoms with Crippen LogP contribution >= 0.6 is 0 Å². The summed E-state index contributed by atoms with van der Waals surface area (Å²) in [6, 6.07) is 11.3. The highest BCUT2D eigenvalue weighted by molar-refractivity contribution is 6.25. The molecule has 0 aliphatic carbocycles. The van der Waals surface area contributed by atoms with E-state index in [1.165, 1.54) is 4.90 Å². The van der Waals surface area contributed by atoms with E-state index in [4.69, 9.17) is 5.73 Å². The minimum atomic E-state index is -0.274. The van der Waals surface area contributed by atoms with Gasteiger partial charge in [-0.2, -0.15) is 0 Å². The van der Waals surface area contributed by atoms with E-state index >= 15 is 0 Å². The molecule has 25 heavy (non-hydrogen) atoms. The highest BCUT2D eigenvalue weighted by atomic mass is 16.2. The zero-order valence-electron chi connectivity index (χ0n) is 15.0. The Balaban J connectivity index is 2.20. The third kappa shape index (κ3) is 2.93. The second kappa shape index (κ2) is 6.71. The summed E-state index contributed by atoms with van der Waals surface area (Å²) in [4.78, 5) is 27.4. The van der Waals surface area contributed by atoms with Crippen molar-refractivity contribution in [2.75, 3.05) is 10.6 Å². The molecule has 1 heterocycles. The molecule has 2 aromatic rings. The van der Waals surface area contributed by atoms with Crippen molar-refractivity contribution in [1.29, 1.82) is 0 Å². The van der Waals surface area contributed by atoms with Gasteiger partial charge in [-0.15, -0.1) is 0 Å². The van der Waals surface area contributed by atoms with Gasteiger partial charge in [0.1, 0.15) is 0 Å². The molecule has 0 fully saturated rings. The molecule has 1 aliphatic rings. The van der Waals surface area contributed by atoms with Crippen molar-refractivity contribution < 1.29 is 9.59 Å². The number of amides is 2. The second-order valence-electron chi connectivity index (χ2n) is 6.84. The Labute approximate surface area is 148 Å². The van der Waals surface area contributed by atoms with Gasteiger partial charge in [0.2, 0.25) is 5.91 Å². The van der Waals surface area contributed by atoms with Crippen molar-refractivity contribution in [3.63, 3.8) is 0 Å². The van der Waals surface area contributed by atoms with Gasteiger partial charge in [-0.1, -0.05) is 51.5 Å². The minimum Gasteiger partial charge on any atom is -0.398 e. The Kier molecular flexibility index (Phi) is 4.62. The van der Waals surface area contributed by atoms with Crippen LogP contribution in [0.25, 0.3) is 0 Å². The van der Waals surface area contributed by atoms with Gasteiger partial charge in [0, 0.05) is 11.3 Å². The Morgan fingerprint density at radius 2 is 1.84 bits per heavy atom. The molecule has 3 rings (SSSR count). The quantitative estimate of drug-likeness (QED) is 0.676. The molecule has 4 heteroatoms. The van der Waals surface area contributed by atoms with E-state index in [-0.39, 0.29) is 24.2 Å². The first-order valence-electron chi connectivity index (χ1n) is 8.82. The van der Waals surface area contributed by atoms with Crippen LogP contribution < -0.4 is 10.6 Å². The zero-order valence-corrected chi connectivity index (χ0v) is 15.0. The number of hydrogen-bond acceptors (Lipinski definition) is 3. The SMILES string of the molecule is CCCc1cccc(C(C)C)c1N1C(=O)Cc2c(N)cccc2C1=O. The number of nitrogen functional groups attached to an aromatic ring is 1. The number of benzene rings is 2. The van der Waals surface area contributed by atoms with Gasteiger partial charge in [-0.25, -0.2) is 4.90 Å². The number of para-hydroxylation sites is 1. The Hall–Kier alpha value is -2.62. The third-order valence-corrected chi connectivity index (χ3v) is 4.74. The van der Waals surface area contributed by atoms with Crippen molar-refractivity contribution in [3.8, 4) is 0 Å². The lowest BCUT2D eigenvalue weighted by Crippen LogP contribution is -2.43. The molecule has 0 saturated carbocycles. The first-order chi connectivity index (χ1) is 12.0. The number of rotatable bonds is 4. The fraction of sp³-hybridized carbons (Fsp3) is 0.333. The summed E-state index contributed by atoms with van der Waals surface area (Å²) in [7, 11) is 0. The second-order valence-corrected chi connectivity index (χ2v) is 6.84. The predicted molar refractivity (Wildman–Crippen MR) is 101 cm³/mol. The van der Waals surface area contributed by atoms with Gasteiger partial charge in [0.05, 0.1) is 12.1 Å². The van der Waals surface area contributed by atoms with Gasteiger partial charge in [-0.05, 0) is 41.2 Å². The molecular weight excluding hydrogens is 312 g/mol. The maximum Gasteiger partial charge on any atom is 0.265 e. The van der Waals surface area contributed by atoms with Gasteiger partial charge in [0.15, 0.2) is 0 Å². The van der Waals surface area contributed by atoms with Gasteiger partial charge in [0.25, 0.3) is 5.91 Å². The van der Waals surface area contributed by atoms with Crippen molar-refractivity contribution in [2.24, 2.45) is 0 Å². The summed E-state index contributed by atoms with van der Waals surface area (Å²) in [5.41, 5.74) is 10.5. The topological polar surface area (TPSA) is 63.4 Å². The molecule has 1 aliphatic heterocycles. The largest absolute Gasteiger partial charge is 0.398 e. The fourth-order valence-electron chi connectivity index (χ4n) is 3.51. The van der Waals surface area contributed by atoms with E-state index in [9.17, 15) is 9.59 Å². The standard InChI is InChI=1S/C21H24N2O2/c1-4-7-14-8-5-9-15(13(2)3)20(14)23-19(24)12-17-16(21(23)25)10-6-11-18(17)22/h5-6,8-11,13H,4,7,12,22H2,1-3H3. The van der Waals surface area contributed by atoms with Crippen LogP contribution in [-0.2, 0) is 17.6 Å². The van der Waals surface area contributed by atoms with E-state index in [2.05, 4.69) is 20.8 Å². The number of carbonyl (C=O) groups is 2. The Bertz CT molecular complexity index is 840. The number of anilines is 2. The van der Waals surface area contributed by atoms with Crippen molar-refractivity contribution >= 4 is 23.2 Å². The summed E-state index contributed by atoms with van der Waals surface area (Å²) in [6.07, 6.45) is 1.94. The van der Waals surface area contributed by atoms with E-state index in [1.807, 2.05) is 18.2 Å². The lowest BCUT2D eigenvalue weighted by Gasteiger charge is -2.31. The van der Waals surface area contributed by atoms with Crippen LogP contribution in [0.15, 0.2) is 36.4 Å². The third-order valence-electron chi connectivity index (χ3n) is 4.74. The molecule has 0 saturated heterocycles. The highest BCUT2D eigenvalue weighted by Crippen LogP contribution is 2.36. The lowest BCUT2D eigenvalue weighted by molar-refractivity contribution is -0.117. The molecule has 0 atom stereocenters. The summed E-state index contributed by atoms with van der Waals surface area (Å²) in [5.74, 6) is -0.264. The lowest BCUT2D eigenvalue weighted by atomic mass is 9.91. The summed E-state index contributed by atoms with van der Waals surface area (Å²) in [6.45, 7) is 6.26. The maximum absolute atomic E-state index is 13.2. The number of hydrogen-bond donors (Lipinski definition) is 1. The zero-order chi connectivity index (χ0) is 18.1. The predicted octanol–water partition coefficient (Wildman–Crippen LogP) is 4.07. The number of nitrogens with two attached hydrogens (primary N) is 1. The van der Waals surface area contributed by atoms with E-state index in [0.29, 0.717) is 16.8 Å². The molecular formula is C21H24N2O2. The molecule has 2 aromatic carbocycles. The summed E-state index contributed by atoms with van der Waals surface area (Å²) < 4.78 is 0. The van der Waals surface area contributed by atoms with Crippen LogP contribution in [-0.4, -0.2) is 11.8 Å². The number of carbonyl (C=O) groups excluding carboxylic acids is 2. The Morgan fingerprint density at radius 1 is 1.12 bits per heavy atom.